The molecule has 0 N–H and O–H groups in total. The molecule has 0 spiro atoms. The van der Waals surface area contributed by atoms with E-state index >= 15 is 0 Å². The number of nitrogens with zero attached hydrogens (tertiary/aromatic N) is 2. The molecule has 0 radical (unpaired) electrons. The predicted molar refractivity (Wildman–Crippen MR) is 49.1 cm³/mol. The first kappa shape index (κ1) is 11.9. The van der Waals surface area contributed by atoms with Crippen molar-refractivity contribution < 1.29 is 19.7 Å². The van der Waals surface area contributed by atoms with Gasteiger partial charge in [-0.15, -0.1) is 0 Å². The van der Waals surface area contributed by atoms with Crippen LogP contribution in [0.5, 0.6) is 0 Å². The minimum Gasteiger partial charge on any atom is -0.545 e. The standard InChI is InChI=1S/C7H3ClN2O6/c8-6-4(7(11)12)1-3(9(13)14)2-5(6)10(15)16/h1-2H,(H,11,12)/p-1. The molecule has 1 rings (SSSR count). The van der Waals surface area contributed by atoms with E-state index in [-0.39, 0.29) is 0 Å². The largest absolute Gasteiger partial charge is 0.545 e. The van der Waals surface area contributed by atoms with Gasteiger partial charge in [0.15, 0.2) is 0 Å². The lowest BCUT2D eigenvalue weighted by Gasteiger charge is -2.05. The molecule has 1 aromatic carbocycles. The minimum atomic E-state index is -1.82. The number of aromatic carboxylic acids is 1. The van der Waals surface area contributed by atoms with Gasteiger partial charge in [0.05, 0.1) is 21.9 Å². The highest BCUT2D eigenvalue weighted by atomic mass is 35.5. The Labute approximate surface area is 92.4 Å². The van der Waals surface area contributed by atoms with Gasteiger partial charge >= 0.3 is 0 Å². The van der Waals surface area contributed by atoms with Crippen LogP contribution in [0.2, 0.25) is 5.02 Å². The zero-order valence-corrected chi connectivity index (χ0v) is 8.13. The average Bonchev–Trinajstić information content (AvgIpc) is 2.16. The summed E-state index contributed by atoms with van der Waals surface area (Å²) in [4.78, 5) is 29.4. The molecule has 0 saturated carbocycles. The fraction of sp³-hybridized carbons (Fsp3) is 0. The molecule has 0 heterocycles. The van der Waals surface area contributed by atoms with Gasteiger partial charge in [-0.25, -0.2) is 0 Å². The first-order chi connectivity index (χ1) is 7.34. The van der Waals surface area contributed by atoms with Gasteiger partial charge in [0.1, 0.15) is 5.02 Å². The van der Waals surface area contributed by atoms with Gasteiger partial charge in [0.2, 0.25) is 0 Å². The van der Waals surface area contributed by atoms with Crippen LogP contribution < -0.4 is 5.11 Å². The number of hydrogen-bond donors (Lipinski definition) is 0. The Bertz CT molecular complexity index is 465. The second-order valence-corrected chi connectivity index (χ2v) is 3.01. The van der Waals surface area contributed by atoms with Crippen LogP contribution in [0.4, 0.5) is 11.4 Å². The summed E-state index contributed by atoms with van der Waals surface area (Å²) in [6.45, 7) is 0. The van der Waals surface area contributed by atoms with Crippen molar-refractivity contribution in [2.45, 2.75) is 0 Å². The van der Waals surface area contributed by atoms with Crippen molar-refractivity contribution in [2.75, 3.05) is 0 Å². The molecular formula is C7H2ClN2O6-. The number of carbonyl (C=O) groups excluding carboxylic acids is 1. The topological polar surface area (TPSA) is 126 Å². The van der Waals surface area contributed by atoms with E-state index in [4.69, 9.17) is 11.6 Å². The quantitative estimate of drug-likeness (QED) is 0.564. The van der Waals surface area contributed by atoms with E-state index in [0.29, 0.717) is 12.1 Å². The SMILES string of the molecule is O=C([O-])c1cc([N+](=O)[O-])cc([N+](=O)[O-])c1Cl. The van der Waals surface area contributed by atoms with Crippen LogP contribution in [0.3, 0.4) is 0 Å². The molecule has 84 valence electrons. The lowest BCUT2D eigenvalue weighted by atomic mass is 10.1. The Balaban J connectivity index is 3.57. The Morgan fingerprint density at radius 2 is 1.75 bits per heavy atom. The number of benzene rings is 1. The van der Waals surface area contributed by atoms with E-state index in [0.717, 1.165) is 0 Å². The fourth-order valence-corrected chi connectivity index (χ4v) is 1.24. The number of hydrogen-bond acceptors (Lipinski definition) is 6. The molecule has 0 fully saturated rings. The summed E-state index contributed by atoms with van der Waals surface area (Å²) in [5, 5.41) is 30.7. The van der Waals surface area contributed by atoms with Crippen LogP contribution in [-0.4, -0.2) is 15.8 Å². The maximum absolute atomic E-state index is 10.5. The van der Waals surface area contributed by atoms with Crippen LogP contribution in [0, 0.1) is 20.2 Å². The lowest BCUT2D eigenvalue weighted by Crippen LogP contribution is -2.23. The summed E-state index contributed by atoms with van der Waals surface area (Å²) in [6, 6.07) is 1.18. The summed E-state index contributed by atoms with van der Waals surface area (Å²) in [7, 11) is 0. The van der Waals surface area contributed by atoms with Crippen molar-refractivity contribution in [3.63, 3.8) is 0 Å². The fourth-order valence-electron chi connectivity index (χ4n) is 0.981. The van der Waals surface area contributed by atoms with Crippen LogP contribution in [-0.2, 0) is 0 Å². The zero-order valence-electron chi connectivity index (χ0n) is 7.38. The number of carboxylic acids is 1. The second-order valence-electron chi connectivity index (χ2n) is 2.63. The Morgan fingerprint density at radius 3 is 2.12 bits per heavy atom. The Morgan fingerprint density at radius 1 is 1.19 bits per heavy atom. The molecule has 1 aromatic rings. The van der Waals surface area contributed by atoms with Gasteiger partial charge in [0.25, 0.3) is 11.4 Å². The summed E-state index contributed by atoms with van der Waals surface area (Å²) in [5.74, 6) is -1.82. The molecule has 8 nitrogen and oxygen atoms in total. The van der Waals surface area contributed by atoms with Crippen molar-refractivity contribution in [2.24, 2.45) is 0 Å². The third-order valence-electron chi connectivity index (χ3n) is 1.67. The average molecular weight is 246 g/mol. The van der Waals surface area contributed by atoms with E-state index in [1.54, 1.807) is 0 Å². The predicted octanol–water partition coefficient (Wildman–Crippen LogP) is 0.520. The normalized spacial score (nSPS) is 9.81. The highest BCUT2D eigenvalue weighted by molar-refractivity contribution is 6.35. The Hall–Kier alpha value is -2.22. The van der Waals surface area contributed by atoms with E-state index in [1.807, 2.05) is 0 Å². The van der Waals surface area contributed by atoms with Crippen LogP contribution >= 0.6 is 11.6 Å². The third kappa shape index (κ3) is 2.06. The Kier molecular flexibility index (Phi) is 3.04. The number of halogens is 1. The van der Waals surface area contributed by atoms with Crippen molar-refractivity contribution in [1.29, 1.82) is 0 Å². The van der Waals surface area contributed by atoms with Crippen molar-refractivity contribution >= 4 is 28.9 Å². The van der Waals surface area contributed by atoms with Gasteiger partial charge in [-0.2, -0.15) is 0 Å². The zero-order chi connectivity index (χ0) is 12.5. The summed E-state index contributed by atoms with van der Waals surface area (Å²) >= 11 is 5.39. The number of nitro benzene ring substituents is 2. The molecule has 0 unspecified atom stereocenters. The van der Waals surface area contributed by atoms with Gasteiger partial charge in [0, 0.05) is 11.6 Å². The summed E-state index contributed by atoms with van der Waals surface area (Å²) in [5.41, 5.74) is -2.38. The van der Waals surface area contributed by atoms with Crippen LogP contribution in [0.25, 0.3) is 0 Å². The molecule has 0 aliphatic rings. The maximum atomic E-state index is 10.5. The number of carboxylic acid groups (broad SMARTS) is 1. The van der Waals surface area contributed by atoms with Crippen LogP contribution in [0.1, 0.15) is 10.4 Å². The van der Waals surface area contributed by atoms with Gasteiger partial charge in [-0.1, -0.05) is 11.6 Å². The van der Waals surface area contributed by atoms with Gasteiger partial charge < -0.3 is 9.90 Å². The molecule has 0 atom stereocenters. The molecule has 0 aromatic heterocycles. The smallest absolute Gasteiger partial charge is 0.295 e. The molecular weight excluding hydrogens is 244 g/mol. The van der Waals surface area contributed by atoms with Gasteiger partial charge in [-0.3, -0.25) is 20.2 Å². The van der Waals surface area contributed by atoms with E-state index in [9.17, 15) is 30.1 Å². The lowest BCUT2D eigenvalue weighted by molar-refractivity contribution is -0.394. The number of non-ortho nitro benzene ring substituents is 1. The third-order valence-corrected chi connectivity index (χ3v) is 2.06. The molecule has 9 heteroatoms. The van der Waals surface area contributed by atoms with E-state index < -0.39 is 37.8 Å². The first-order valence-corrected chi connectivity index (χ1v) is 4.06. The van der Waals surface area contributed by atoms with Crippen molar-refractivity contribution in [1.82, 2.24) is 0 Å². The molecule has 0 aliphatic carbocycles. The minimum absolute atomic E-state index is 0.578. The first-order valence-electron chi connectivity index (χ1n) is 3.68. The monoisotopic (exact) mass is 245 g/mol. The number of rotatable bonds is 3. The summed E-state index contributed by atoms with van der Waals surface area (Å²) < 4.78 is 0. The van der Waals surface area contributed by atoms with Crippen molar-refractivity contribution in [3.8, 4) is 0 Å². The van der Waals surface area contributed by atoms with E-state index in [2.05, 4.69) is 0 Å². The molecule has 0 aliphatic heterocycles. The maximum Gasteiger partial charge on any atom is 0.295 e. The van der Waals surface area contributed by atoms with Crippen LogP contribution in [0.15, 0.2) is 12.1 Å². The van der Waals surface area contributed by atoms with Gasteiger partial charge in [-0.05, 0) is 0 Å². The molecule has 16 heavy (non-hydrogen) atoms. The number of nitro groups is 2. The molecule has 0 amide bonds. The molecule has 0 bridgehead atoms. The molecule has 0 saturated heterocycles. The number of carbonyl (C=O) groups is 1. The van der Waals surface area contributed by atoms with E-state index in [1.165, 1.54) is 0 Å². The van der Waals surface area contributed by atoms with Crippen molar-refractivity contribution in [3.05, 3.63) is 42.9 Å². The highest BCUT2D eigenvalue weighted by Crippen LogP contribution is 2.32. The highest BCUT2D eigenvalue weighted by Gasteiger charge is 2.23. The summed E-state index contributed by atoms with van der Waals surface area (Å²) in [6.07, 6.45) is 0. The second kappa shape index (κ2) is 4.11.